The van der Waals surface area contributed by atoms with Gasteiger partial charge in [0.05, 0.1) is 11.1 Å². The Morgan fingerprint density at radius 1 is 1.24 bits per heavy atom. The Labute approximate surface area is 141 Å². The van der Waals surface area contributed by atoms with Crippen LogP contribution in [0.4, 0.5) is 4.39 Å². The first-order chi connectivity index (χ1) is 11.7. The number of rotatable bonds is 6. The molecule has 9 nitrogen and oxygen atoms in total. The van der Waals surface area contributed by atoms with Crippen LogP contribution >= 0.6 is 0 Å². The molecule has 0 atom stereocenters. The zero-order chi connectivity index (χ0) is 18.6. The average molecular weight is 370 g/mol. The van der Waals surface area contributed by atoms with Crippen molar-refractivity contribution in [2.45, 2.75) is 17.9 Å². The van der Waals surface area contributed by atoms with Crippen molar-refractivity contribution >= 4 is 15.9 Å². The Bertz CT molecular complexity index is 995. The third-order valence-electron chi connectivity index (χ3n) is 3.27. The van der Waals surface area contributed by atoms with Gasteiger partial charge >= 0.3 is 5.69 Å². The number of hydrogen-bond donors (Lipinski definition) is 3. The SMILES string of the molecule is NS(=O)(=O)c1ccc(CCNC(=O)Cn2cc(F)c(=O)[nH]c2=O)cc1. The fourth-order valence-electron chi connectivity index (χ4n) is 2.00. The van der Waals surface area contributed by atoms with Crippen molar-refractivity contribution in [3.8, 4) is 0 Å². The van der Waals surface area contributed by atoms with Crippen LogP contribution < -0.4 is 21.7 Å². The zero-order valence-electron chi connectivity index (χ0n) is 12.9. The first-order valence-corrected chi connectivity index (χ1v) is 8.59. The first-order valence-electron chi connectivity index (χ1n) is 7.04. The molecule has 4 N–H and O–H groups in total. The molecule has 0 aliphatic heterocycles. The smallest absolute Gasteiger partial charge is 0.328 e. The fourth-order valence-corrected chi connectivity index (χ4v) is 2.52. The molecule has 0 spiro atoms. The molecule has 0 bridgehead atoms. The predicted octanol–water partition coefficient (Wildman–Crippen LogP) is -1.32. The molecule has 25 heavy (non-hydrogen) atoms. The van der Waals surface area contributed by atoms with Crippen LogP contribution in [-0.2, 0) is 27.8 Å². The summed E-state index contributed by atoms with van der Waals surface area (Å²) in [5.74, 6) is -1.71. The van der Waals surface area contributed by atoms with Gasteiger partial charge in [-0.1, -0.05) is 12.1 Å². The molecule has 2 aromatic rings. The van der Waals surface area contributed by atoms with E-state index in [2.05, 4.69) is 5.32 Å². The maximum atomic E-state index is 13.1. The van der Waals surface area contributed by atoms with Crippen molar-refractivity contribution in [1.82, 2.24) is 14.9 Å². The molecule has 0 saturated heterocycles. The Balaban J connectivity index is 1.90. The van der Waals surface area contributed by atoms with Gasteiger partial charge in [0.2, 0.25) is 21.7 Å². The van der Waals surface area contributed by atoms with Crippen LogP contribution in [0.1, 0.15) is 5.56 Å². The van der Waals surface area contributed by atoms with E-state index in [0.717, 1.165) is 10.1 Å². The summed E-state index contributed by atoms with van der Waals surface area (Å²) in [5, 5.41) is 7.52. The molecule has 0 radical (unpaired) electrons. The summed E-state index contributed by atoms with van der Waals surface area (Å²) >= 11 is 0. The lowest BCUT2D eigenvalue weighted by Gasteiger charge is -2.07. The van der Waals surface area contributed by atoms with Crippen LogP contribution in [-0.4, -0.2) is 30.4 Å². The van der Waals surface area contributed by atoms with Gasteiger partial charge in [-0.2, -0.15) is 4.39 Å². The van der Waals surface area contributed by atoms with Gasteiger partial charge in [-0.05, 0) is 24.1 Å². The second-order valence-corrected chi connectivity index (χ2v) is 6.71. The molecule has 0 aliphatic carbocycles. The Kier molecular flexibility index (Phi) is 5.49. The van der Waals surface area contributed by atoms with E-state index < -0.39 is 39.5 Å². The minimum absolute atomic E-state index is 0.0141. The summed E-state index contributed by atoms with van der Waals surface area (Å²) in [6.45, 7) is -0.231. The second kappa shape index (κ2) is 7.40. The molecule has 0 unspecified atom stereocenters. The van der Waals surface area contributed by atoms with Crippen LogP contribution in [0, 0.1) is 5.82 Å². The number of hydrogen-bond acceptors (Lipinski definition) is 5. The number of nitrogens with zero attached hydrogens (tertiary/aromatic N) is 1. The maximum Gasteiger partial charge on any atom is 0.328 e. The maximum absolute atomic E-state index is 13.1. The van der Waals surface area contributed by atoms with E-state index in [9.17, 15) is 27.2 Å². The average Bonchev–Trinajstić information content (AvgIpc) is 2.52. The van der Waals surface area contributed by atoms with Gasteiger partial charge in [-0.25, -0.2) is 18.4 Å². The molecular weight excluding hydrogens is 355 g/mol. The lowest BCUT2D eigenvalue weighted by Crippen LogP contribution is -2.37. The van der Waals surface area contributed by atoms with Gasteiger partial charge in [0, 0.05) is 6.54 Å². The largest absolute Gasteiger partial charge is 0.354 e. The van der Waals surface area contributed by atoms with Crippen LogP contribution in [0.3, 0.4) is 0 Å². The van der Waals surface area contributed by atoms with Gasteiger partial charge in [-0.3, -0.25) is 19.1 Å². The van der Waals surface area contributed by atoms with Crippen molar-refractivity contribution in [2.75, 3.05) is 6.54 Å². The number of carbonyl (C=O) groups is 1. The number of primary sulfonamides is 1. The number of aromatic amines is 1. The van der Waals surface area contributed by atoms with Crippen LogP contribution in [0.5, 0.6) is 0 Å². The Morgan fingerprint density at radius 2 is 1.88 bits per heavy atom. The number of nitrogens with two attached hydrogens (primary N) is 1. The van der Waals surface area contributed by atoms with E-state index in [1.54, 1.807) is 17.1 Å². The number of H-pyrrole nitrogens is 1. The normalized spacial score (nSPS) is 11.3. The molecule has 1 heterocycles. The Morgan fingerprint density at radius 3 is 2.48 bits per heavy atom. The third-order valence-corrected chi connectivity index (χ3v) is 4.20. The number of sulfonamides is 1. The molecule has 134 valence electrons. The number of nitrogens with one attached hydrogen (secondary N) is 2. The topological polar surface area (TPSA) is 144 Å². The van der Waals surface area contributed by atoms with E-state index >= 15 is 0 Å². The minimum Gasteiger partial charge on any atom is -0.354 e. The van der Waals surface area contributed by atoms with E-state index in [0.29, 0.717) is 12.6 Å². The predicted molar refractivity (Wildman–Crippen MR) is 85.8 cm³/mol. The summed E-state index contributed by atoms with van der Waals surface area (Å²) < 4.78 is 36.1. The third kappa shape index (κ3) is 5.09. The highest BCUT2D eigenvalue weighted by Gasteiger charge is 2.09. The number of halogens is 1. The van der Waals surface area contributed by atoms with Gasteiger partial charge in [-0.15, -0.1) is 0 Å². The monoisotopic (exact) mass is 370 g/mol. The van der Waals surface area contributed by atoms with Crippen LogP contribution in [0.15, 0.2) is 44.9 Å². The second-order valence-electron chi connectivity index (χ2n) is 5.15. The van der Waals surface area contributed by atoms with Crippen molar-refractivity contribution in [1.29, 1.82) is 0 Å². The molecular formula is C14H15FN4O5S. The highest BCUT2D eigenvalue weighted by Crippen LogP contribution is 2.08. The molecule has 1 amide bonds. The fraction of sp³-hybridized carbons (Fsp3) is 0.214. The molecule has 11 heteroatoms. The number of benzene rings is 1. The van der Waals surface area contributed by atoms with Crippen molar-refractivity contribution in [3.05, 3.63) is 62.7 Å². The minimum atomic E-state index is -3.76. The molecule has 0 saturated carbocycles. The van der Waals surface area contributed by atoms with Gasteiger partial charge in [0.25, 0.3) is 5.56 Å². The molecule has 1 aromatic carbocycles. The van der Waals surface area contributed by atoms with E-state index in [-0.39, 0.29) is 11.4 Å². The Hall–Kier alpha value is -2.79. The van der Waals surface area contributed by atoms with Gasteiger partial charge in [0.15, 0.2) is 0 Å². The highest BCUT2D eigenvalue weighted by atomic mass is 32.2. The summed E-state index contributed by atoms with van der Waals surface area (Å²) in [7, 11) is -3.76. The molecule has 0 aliphatic rings. The van der Waals surface area contributed by atoms with E-state index in [4.69, 9.17) is 5.14 Å². The van der Waals surface area contributed by atoms with E-state index in [1.807, 2.05) is 0 Å². The highest BCUT2D eigenvalue weighted by molar-refractivity contribution is 7.89. The summed E-state index contributed by atoms with van der Waals surface area (Å²) in [5.41, 5.74) is -1.27. The number of aromatic nitrogens is 2. The van der Waals surface area contributed by atoms with E-state index in [1.165, 1.54) is 12.1 Å². The first kappa shape index (κ1) is 18.5. The molecule has 0 fully saturated rings. The lowest BCUT2D eigenvalue weighted by molar-refractivity contribution is -0.121. The van der Waals surface area contributed by atoms with Crippen molar-refractivity contribution in [3.63, 3.8) is 0 Å². The summed E-state index contributed by atoms with van der Waals surface area (Å²) in [4.78, 5) is 35.8. The summed E-state index contributed by atoms with van der Waals surface area (Å²) in [6, 6.07) is 5.84. The van der Waals surface area contributed by atoms with Crippen LogP contribution in [0.2, 0.25) is 0 Å². The number of carbonyl (C=O) groups excluding carboxylic acids is 1. The number of amides is 1. The standard InChI is InChI=1S/C14H15FN4O5S/c15-11-7-19(14(22)18-13(11)21)8-12(20)17-6-5-9-1-3-10(4-2-9)25(16,23)24/h1-4,7H,5-6,8H2,(H,17,20)(H2,16,23,24)(H,18,21,22). The quantitative estimate of drug-likeness (QED) is 0.578. The van der Waals surface area contributed by atoms with Gasteiger partial charge < -0.3 is 5.32 Å². The van der Waals surface area contributed by atoms with Crippen molar-refractivity contribution in [2.24, 2.45) is 5.14 Å². The lowest BCUT2D eigenvalue weighted by atomic mass is 10.1. The van der Waals surface area contributed by atoms with Crippen LogP contribution in [0.25, 0.3) is 0 Å². The zero-order valence-corrected chi connectivity index (χ0v) is 13.7. The van der Waals surface area contributed by atoms with Gasteiger partial charge in [0.1, 0.15) is 6.54 Å². The summed E-state index contributed by atoms with van der Waals surface area (Å²) in [6.07, 6.45) is 1.07. The molecule has 1 aromatic heterocycles. The van der Waals surface area contributed by atoms with Crippen molar-refractivity contribution < 1.29 is 17.6 Å². The molecule has 2 rings (SSSR count).